The number of methoxy groups -OCH3 is 1. The zero-order valence-electron chi connectivity index (χ0n) is 17.9. The summed E-state index contributed by atoms with van der Waals surface area (Å²) in [6.45, 7) is 0.102. The second kappa shape index (κ2) is 11.0. The van der Waals surface area contributed by atoms with Crippen LogP contribution < -0.4 is 10.1 Å². The molecule has 1 aliphatic rings. The number of ether oxygens (including phenoxy) is 2. The van der Waals surface area contributed by atoms with Crippen LogP contribution in [0.3, 0.4) is 0 Å². The summed E-state index contributed by atoms with van der Waals surface area (Å²) in [6, 6.07) is 6.93. The molecule has 0 aliphatic heterocycles. The molecule has 1 aliphatic carbocycles. The summed E-state index contributed by atoms with van der Waals surface area (Å²) in [4.78, 5) is 26.1. The number of aromatic nitrogens is 2. The van der Waals surface area contributed by atoms with Crippen LogP contribution in [-0.4, -0.2) is 34.9 Å². The number of carbonyl (C=O) groups excluding carboxylic acids is 2. The van der Waals surface area contributed by atoms with Crippen molar-refractivity contribution in [1.29, 1.82) is 0 Å². The standard InChI is InChI=1S/C22H22ClN3O5S2/c1-29-21(28)19-15-5-3-2-4-6-16(15)33-20(19)24-17(27)12-32-22-26-25-18(31-22)11-30-14-9-7-13(23)8-10-14/h7-10H,2-6,11-12H2,1H3,(H,24,27). The smallest absolute Gasteiger partial charge is 0.341 e. The molecule has 0 saturated carbocycles. The average molecular weight is 508 g/mol. The molecule has 33 heavy (non-hydrogen) atoms. The van der Waals surface area contributed by atoms with Crippen LogP contribution in [0.5, 0.6) is 5.75 Å². The van der Waals surface area contributed by atoms with Gasteiger partial charge in [0.15, 0.2) is 6.61 Å². The predicted molar refractivity (Wildman–Crippen MR) is 126 cm³/mol. The lowest BCUT2D eigenvalue weighted by molar-refractivity contribution is -0.113. The summed E-state index contributed by atoms with van der Waals surface area (Å²) in [5, 5.41) is 12.2. The Labute approximate surface area is 204 Å². The van der Waals surface area contributed by atoms with Gasteiger partial charge in [-0.2, -0.15) is 0 Å². The van der Waals surface area contributed by atoms with Crippen molar-refractivity contribution in [3.05, 3.63) is 51.2 Å². The topological polar surface area (TPSA) is 104 Å². The van der Waals surface area contributed by atoms with Gasteiger partial charge in [-0.25, -0.2) is 4.79 Å². The highest BCUT2D eigenvalue weighted by Gasteiger charge is 2.26. The van der Waals surface area contributed by atoms with Gasteiger partial charge in [0.25, 0.3) is 11.1 Å². The molecule has 1 aromatic carbocycles. The number of aryl methyl sites for hydroxylation is 1. The number of benzene rings is 1. The van der Waals surface area contributed by atoms with Crippen molar-refractivity contribution in [3.8, 4) is 5.75 Å². The normalized spacial score (nSPS) is 13.2. The van der Waals surface area contributed by atoms with E-state index in [9.17, 15) is 9.59 Å². The molecule has 0 unspecified atom stereocenters. The van der Waals surface area contributed by atoms with E-state index >= 15 is 0 Å². The maximum Gasteiger partial charge on any atom is 0.341 e. The van der Waals surface area contributed by atoms with Crippen molar-refractivity contribution in [2.45, 2.75) is 43.9 Å². The van der Waals surface area contributed by atoms with E-state index in [0.29, 0.717) is 27.2 Å². The molecule has 0 atom stereocenters. The monoisotopic (exact) mass is 507 g/mol. The molecule has 1 N–H and O–H groups in total. The number of fused-ring (bicyclic) bond motifs is 1. The van der Waals surface area contributed by atoms with Crippen molar-refractivity contribution in [2.75, 3.05) is 18.2 Å². The molecule has 8 nitrogen and oxygen atoms in total. The second-order valence-electron chi connectivity index (χ2n) is 7.30. The van der Waals surface area contributed by atoms with E-state index in [2.05, 4.69) is 15.5 Å². The van der Waals surface area contributed by atoms with Crippen LogP contribution in [0.15, 0.2) is 33.9 Å². The third-order valence-electron chi connectivity index (χ3n) is 5.01. The van der Waals surface area contributed by atoms with Gasteiger partial charge in [-0.05, 0) is 55.5 Å². The van der Waals surface area contributed by atoms with E-state index in [1.165, 1.54) is 18.4 Å². The fourth-order valence-corrected chi connectivity index (χ4v) is 5.47. The van der Waals surface area contributed by atoms with Crippen LogP contribution in [0.2, 0.25) is 5.02 Å². The fourth-order valence-electron chi connectivity index (χ4n) is 3.47. The van der Waals surface area contributed by atoms with Gasteiger partial charge in [0, 0.05) is 9.90 Å². The van der Waals surface area contributed by atoms with Gasteiger partial charge in [0.2, 0.25) is 5.91 Å². The summed E-state index contributed by atoms with van der Waals surface area (Å²) in [5.41, 5.74) is 1.49. The predicted octanol–water partition coefficient (Wildman–Crippen LogP) is 5.15. The number of esters is 1. The number of hydrogen-bond donors (Lipinski definition) is 1. The van der Waals surface area contributed by atoms with Crippen molar-refractivity contribution in [1.82, 2.24) is 10.2 Å². The first-order chi connectivity index (χ1) is 16.0. The minimum absolute atomic E-state index is 0.0584. The van der Waals surface area contributed by atoms with Crippen molar-refractivity contribution >= 4 is 51.6 Å². The number of thioether (sulfide) groups is 1. The molecule has 4 rings (SSSR count). The molecular formula is C22H22ClN3O5S2. The van der Waals surface area contributed by atoms with E-state index in [4.69, 9.17) is 25.5 Å². The second-order valence-corrected chi connectivity index (χ2v) is 9.77. The number of nitrogens with one attached hydrogen (secondary N) is 1. The number of amides is 1. The molecular weight excluding hydrogens is 486 g/mol. The maximum absolute atomic E-state index is 12.6. The minimum atomic E-state index is -0.417. The summed E-state index contributed by atoms with van der Waals surface area (Å²) >= 11 is 8.43. The SMILES string of the molecule is COC(=O)c1c(NC(=O)CSc2nnc(COc3ccc(Cl)cc3)o2)sc2c1CCCCC2. The van der Waals surface area contributed by atoms with Crippen molar-refractivity contribution in [2.24, 2.45) is 0 Å². The van der Waals surface area contributed by atoms with Crippen LogP contribution >= 0.6 is 34.7 Å². The van der Waals surface area contributed by atoms with Crippen LogP contribution in [0.4, 0.5) is 5.00 Å². The first kappa shape index (κ1) is 23.6. The Bertz CT molecular complexity index is 1130. The number of anilines is 1. The Kier molecular flexibility index (Phi) is 7.89. The number of halogens is 1. The van der Waals surface area contributed by atoms with E-state index in [1.54, 1.807) is 24.3 Å². The molecule has 2 aromatic heterocycles. The summed E-state index contributed by atoms with van der Waals surface area (Å²) < 4.78 is 16.1. The Morgan fingerprint density at radius 1 is 1.18 bits per heavy atom. The molecule has 11 heteroatoms. The zero-order chi connectivity index (χ0) is 23.2. The molecule has 0 bridgehead atoms. The average Bonchev–Trinajstić information content (AvgIpc) is 3.34. The van der Waals surface area contributed by atoms with E-state index in [-0.39, 0.29) is 23.5 Å². The van der Waals surface area contributed by atoms with E-state index in [0.717, 1.165) is 54.3 Å². The number of thiophene rings is 1. The minimum Gasteiger partial charge on any atom is -0.484 e. The van der Waals surface area contributed by atoms with E-state index < -0.39 is 5.97 Å². The quantitative estimate of drug-likeness (QED) is 0.253. The number of hydrogen-bond acceptors (Lipinski definition) is 9. The molecule has 3 aromatic rings. The number of carbonyl (C=O) groups is 2. The summed E-state index contributed by atoms with van der Waals surface area (Å²) in [6.07, 6.45) is 4.98. The summed E-state index contributed by atoms with van der Waals surface area (Å²) in [7, 11) is 1.36. The molecule has 174 valence electrons. The van der Waals surface area contributed by atoms with Gasteiger partial charge in [-0.15, -0.1) is 21.5 Å². The van der Waals surface area contributed by atoms with Crippen molar-refractivity contribution in [3.63, 3.8) is 0 Å². The fraction of sp³-hybridized carbons (Fsp3) is 0.364. The number of rotatable bonds is 8. The van der Waals surface area contributed by atoms with Gasteiger partial charge in [-0.1, -0.05) is 29.8 Å². The zero-order valence-corrected chi connectivity index (χ0v) is 20.3. The highest BCUT2D eigenvalue weighted by Crippen LogP contribution is 2.38. The highest BCUT2D eigenvalue weighted by molar-refractivity contribution is 7.99. The lowest BCUT2D eigenvalue weighted by atomic mass is 10.1. The molecule has 0 saturated heterocycles. The van der Waals surface area contributed by atoms with Crippen LogP contribution in [0.25, 0.3) is 0 Å². The first-order valence-corrected chi connectivity index (χ1v) is 12.6. The van der Waals surface area contributed by atoms with Gasteiger partial charge >= 0.3 is 5.97 Å². The maximum atomic E-state index is 12.6. The van der Waals surface area contributed by atoms with Crippen LogP contribution in [0.1, 0.15) is 46.0 Å². The van der Waals surface area contributed by atoms with Crippen molar-refractivity contribution < 1.29 is 23.5 Å². The largest absolute Gasteiger partial charge is 0.484 e. The van der Waals surface area contributed by atoms with Gasteiger partial charge < -0.3 is 19.2 Å². The number of nitrogens with zero attached hydrogens (tertiary/aromatic N) is 2. The molecule has 0 fully saturated rings. The van der Waals surface area contributed by atoms with E-state index in [1.807, 2.05) is 0 Å². The first-order valence-electron chi connectivity index (χ1n) is 10.4. The third-order valence-corrected chi connectivity index (χ3v) is 7.29. The summed E-state index contributed by atoms with van der Waals surface area (Å²) in [5.74, 6) is 0.297. The lowest BCUT2D eigenvalue weighted by Gasteiger charge is -2.07. The lowest BCUT2D eigenvalue weighted by Crippen LogP contribution is -2.16. The Morgan fingerprint density at radius 2 is 1.97 bits per heavy atom. The third kappa shape index (κ3) is 6.07. The van der Waals surface area contributed by atoms with Gasteiger partial charge in [0.1, 0.15) is 10.8 Å². The Morgan fingerprint density at radius 3 is 2.76 bits per heavy atom. The van der Waals surface area contributed by atoms with Crippen LogP contribution in [-0.2, 0) is 29.0 Å². The molecule has 0 spiro atoms. The molecule has 1 amide bonds. The highest BCUT2D eigenvalue weighted by atomic mass is 35.5. The van der Waals surface area contributed by atoms with Gasteiger partial charge in [0.05, 0.1) is 18.4 Å². The van der Waals surface area contributed by atoms with Crippen LogP contribution in [0, 0.1) is 0 Å². The molecule has 0 radical (unpaired) electrons. The Hall–Kier alpha value is -2.56. The molecule has 2 heterocycles. The Balaban J connectivity index is 1.33. The van der Waals surface area contributed by atoms with Gasteiger partial charge in [-0.3, -0.25) is 4.79 Å².